The van der Waals surface area contributed by atoms with Crippen LogP contribution in [-0.2, 0) is 6.54 Å². The molecule has 2 N–H and O–H groups in total. The molecule has 0 spiro atoms. The number of hydrogen-bond donors (Lipinski definition) is 2. The fraction of sp³-hybridized carbons (Fsp3) is 0.182. The highest BCUT2D eigenvalue weighted by Crippen LogP contribution is 2.28. The fourth-order valence-electron chi connectivity index (χ4n) is 1.32. The van der Waals surface area contributed by atoms with Gasteiger partial charge in [0.1, 0.15) is 0 Å². The van der Waals surface area contributed by atoms with Crippen LogP contribution in [0, 0.1) is 0 Å². The molecule has 84 valence electrons. The Morgan fingerprint density at radius 1 is 1.50 bits per heavy atom. The van der Waals surface area contributed by atoms with Gasteiger partial charge < -0.3 is 15.2 Å². The van der Waals surface area contributed by atoms with Crippen LogP contribution in [0.3, 0.4) is 0 Å². The number of aromatic nitrogens is 1. The number of anilines is 1. The Bertz CT molecular complexity index is 457. The van der Waals surface area contributed by atoms with Gasteiger partial charge in [-0.15, -0.1) is 11.3 Å². The van der Waals surface area contributed by atoms with Crippen molar-refractivity contribution in [3.05, 3.63) is 34.8 Å². The second-order valence-electron chi connectivity index (χ2n) is 3.21. The number of phenolic OH excluding ortho intramolecular Hbond substituents is 1. The van der Waals surface area contributed by atoms with Crippen molar-refractivity contribution in [2.75, 3.05) is 12.4 Å². The summed E-state index contributed by atoms with van der Waals surface area (Å²) in [5, 5.41) is 12.8. The first-order valence-electron chi connectivity index (χ1n) is 4.78. The van der Waals surface area contributed by atoms with Crippen LogP contribution in [0.25, 0.3) is 0 Å². The number of hydrogen-bond acceptors (Lipinski definition) is 5. The molecule has 0 aliphatic carbocycles. The van der Waals surface area contributed by atoms with Gasteiger partial charge in [-0.2, -0.15) is 0 Å². The van der Waals surface area contributed by atoms with Crippen molar-refractivity contribution in [3.63, 3.8) is 0 Å². The molecule has 1 heterocycles. The molecule has 0 atom stereocenters. The Labute approximate surface area is 97.5 Å². The van der Waals surface area contributed by atoms with E-state index in [1.165, 1.54) is 7.11 Å². The standard InChI is InChI=1S/C11H12N2O2S/c1-15-11-3-2-8(4-10(11)14)13-6-9-5-12-7-16-9/h2-5,7,13-14H,6H2,1H3. The maximum Gasteiger partial charge on any atom is 0.160 e. The maximum atomic E-state index is 9.57. The molecule has 1 aromatic heterocycles. The number of phenols is 1. The van der Waals surface area contributed by atoms with Crippen LogP contribution in [0.5, 0.6) is 11.5 Å². The molecule has 0 amide bonds. The van der Waals surface area contributed by atoms with E-state index < -0.39 is 0 Å². The highest BCUT2D eigenvalue weighted by molar-refractivity contribution is 7.09. The van der Waals surface area contributed by atoms with E-state index in [2.05, 4.69) is 10.3 Å². The number of nitrogens with zero attached hydrogens (tertiary/aromatic N) is 1. The minimum atomic E-state index is 0.136. The summed E-state index contributed by atoms with van der Waals surface area (Å²) in [6.07, 6.45) is 1.82. The zero-order valence-electron chi connectivity index (χ0n) is 8.80. The van der Waals surface area contributed by atoms with E-state index in [-0.39, 0.29) is 5.75 Å². The third-order valence-electron chi connectivity index (χ3n) is 2.13. The van der Waals surface area contributed by atoms with Gasteiger partial charge in [0, 0.05) is 22.8 Å². The number of benzene rings is 1. The topological polar surface area (TPSA) is 54.4 Å². The lowest BCUT2D eigenvalue weighted by molar-refractivity contribution is 0.373. The van der Waals surface area contributed by atoms with Crippen molar-refractivity contribution < 1.29 is 9.84 Å². The van der Waals surface area contributed by atoms with Crippen LogP contribution in [-0.4, -0.2) is 17.2 Å². The number of nitrogens with one attached hydrogen (secondary N) is 1. The Balaban J connectivity index is 2.02. The summed E-state index contributed by atoms with van der Waals surface area (Å²) in [6, 6.07) is 5.23. The highest BCUT2D eigenvalue weighted by atomic mass is 32.1. The first kappa shape index (κ1) is 10.8. The quantitative estimate of drug-likeness (QED) is 0.856. The van der Waals surface area contributed by atoms with Gasteiger partial charge in [-0.25, -0.2) is 0 Å². The number of rotatable bonds is 4. The van der Waals surface area contributed by atoms with Crippen LogP contribution in [0.15, 0.2) is 29.9 Å². The molecule has 16 heavy (non-hydrogen) atoms. The number of aromatic hydroxyl groups is 1. The zero-order valence-corrected chi connectivity index (χ0v) is 9.62. The molecule has 0 saturated heterocycles. The van der Waals surface area contributed by atoms with Crippen LogP contribution < -0.4 is 10.1 Å². The van der Waals surface area contributed by atoms with Gasteiger partial charge in [0.15, 0.2) is 11.5 Å². The summed E-state index contributed by atoms with van der Waals surface area (Å²) in [5.74, 6) is 0.611. The van der Waals surface area contributed by atoms with Crippen LogP contribution in [0.2, 0.25) is 0 Å². The molecular formula is C11H12N2O2S. The molecule has 5 heteroatoms. The predicted octanol–water partition coefficient (Wildman–Crippen LogP) is 2.47. The van der Waals surface area contributed by atoms with Gasteiger partial charge in [-0.05, 0) is 12.1 Å². The smallest absolute Gasteiger partial charge is 0.160 e. The maximum absolute atomic E-state index is 9.57. The monoisotopic (exact) mass is 236 g/mol. The minimum Gasteiger partial charge on any atom is -0.504 e. The summed E-state index contributed by atoms with van der Waals surface area (Å²) in [4.78, 5) is 5.14. The third-order valence-corrected chi connectivity index (χ3v) is 2.91. The summed E-state index contributed by atoms with van der Waals surface area (Å²) < 4.78 is 4.96. The van der Waals surface area contributed by atoms with Gasteiger partial charge in [-0.1, -0.05) is 0 Å². The third kappa shape index (κ3) is 2.43. The largest absolute Gasteiger partial charge is 0.504 e. The van der Waals surface area contributed by atoms with E-state index in [1.807, 2.05) is 12.3 Å². The zero-order chi connectivity index (χ0) is 11.4. The molecule has 0 bridgehead atoms. The second kappa shape index (κ2) is 4.85. The van der Waals surface area contributed by atoms with E-state index >= 15 is 0 Å². The normalized spacial score (nSPS) is 10.1. The predicted molar refractivity (Wildman–Crippen MR) is 64.1 cm³/mol. The molecule has 0 radical (unpaired) electrons. The van der Waals surface area contributed by atoms with E-state index in [4.69, 9.17) is 4.74 Å². The molecular weight excluding hydrogens is 224 g/mol. The van der Waals surface area contributed by atoms with Crippen LogP contribution in [0.1, 0.15) is 4.88 Å². The van der Waals surface area contributed by atoms with Gasteiger partial charge in [0.05, 0.1) is 19.2 Å². The fourth-order valence-corrected chi connectivity index (χ4v) is 1.85. The van der Waals surface area contributed by atoms with E-state index in [0.29, 0.717) is 12.3 Å². The van der Waals surface area contributed by atoms with Crippen molar-refractivity contribution in [1.82, 2.24) is 4.98 Å². The van der Waals surface area contributed by atoms with E-state index in [1.54, 1.807) is 29.0 Å². The van der Waals surface area contributed by atoms with E-state index in [9.17, 15) is 5.11 Å². The molecule has 0 aliphatic heterocycles. The highest BCUT2D eigenvalue weighted by Gasteiger charge is 2.02. The van der Waals surface area contributed by atoms with Gasteiger partial charge >= 0.3 is 0 Å². The molecule has 0 fully saturated rings. The lowest BCUT2D eigenvalue weighted by atomic mass is 10.2. The number of thiazole rings is 1. The minimum absolute atomic E-state index is 0.136. The van der Waals surface area contributed by atoms with Crippen molar-refractivity contribution >= 4 is 17.0 Å². The van der Waals surface area contributed by atoms with Crippen molar-refractivity contribution in [2.45, 2.75) is 6.54 Å². The van der Waals surface area contributed by atoms with Crippen molar-refractivity contribution in [2.24, 2.45) is 0 Å². The first-order chi connectivity index (χ1) is 7.79. The SMILES string of the molecule is COc1ccc(NCc2cncs2)cc1O. The Kier molecular flexibility index (Phi) is 3.26. The summed E-state index contributed by atoms with van der Waals surface area (Å²) in [6.45, 7) is 0.705. The molecule has 4 nitrogen and oxygen atoms in total. The van der Waals surface area contributed by atoms with Gasteiger partial charge in [0.2, 0.25) is 0 Å². The van der Waals surface area contributed by atoms with Crippen LogP contribution >= 0.6 is 11.3 Å². The molecule has 0 aliphatic rings. The second-order valence-corrected chi connectivity index (χ2v) is 4.18. The van der Waals surface area contributed by atoms with Crippen molar-refractivity contribution in [1.29, 1.82) is 0 Å². The van der Waals surface area contributed by atoms with Gasteiger partial charge in [0.25, 0.3) is 0 Å². The molecule has 2 aromatic rings. The van der Waals surface area contributed by atoms with Crippen LogP contribution in [0.4, 0.5) is 5.69 Å². The first-order valence-corrected chi connectivity index (χ1v) is 5.66. The Morgan fingerprint density at radius 3 is 3.00 bits per heavy atom. The molecule has 0 saturated carbocycles. The molecule has 2 rings (SSSR count). The lowest BCUT2D eigenvalue weighted by Gasteiger charge is -2.07. The Morgan fingerprint density at radius 2 is 2.38 bits per heavy atom. The van der Waals surface area contributed by atoms with Gasteiger partial charge in [-0.3, -0.25) is 4.98 Å². The molecule has 0 unspecified atom stereocenters. The summed E-state index contributed by atoms with van der Waals surface area (Å²) >= 11 is 1.59. The summed E-state index contributed by atoms with van der Waals surface area (Å²) in [7, 11) is 1.53. The number of methoxy groups -OCH3 is 1. The van der Waals surface area contributed by atoms with E-state index in [0.717, 1.165) is 10.6 Å². The average molecular weight is 236 g/mol. The lowest BCUT2D eigenvalue weighted by Crippen LogP contribution is -1.97. The summed E-state index contributed by atoms with van der Waals surface area (Å²) in [5.41, 5.74) is 2.65. The number of ether oxygens (including phenoxy) is 1. The Hall–Kier alpha value is -1.75. The average Bonchev–Trinajstić information content (AvgIpc) is 2.79. The molecule has 1 aromatic carbocycles. The van der Waals surface area contributed by atoms with Crippen molar-refractivity contribution in [3.8, 4) is 11.5 Å².